The predicted octanol–water partition coefficient (Wildman–Crippen LogP) is 2.19. The van der Waals surface area contributed by atoms with Crippen LogP contribution in [0.1, 0.15) is 84.5 Å². The van der Waals surface area contributed by atoms with E-state index in [2.05, 4.69) is 6.92 Å². The van der Waals surface area contributed by atoms with Crippen LogP contribution in [-0.2, 0) is 28.7 Å². The number of likely N-dealkylation sites (tertiary alicyclic amines) is 1. The Balaban J connectivity index is 1.21. The number of esters is 1. The molecule has 1 amide bonds. The summed E-state index contributed by atoms with van der Waals surface area (Å²) in [6, 6.07) is -0.879. The van der Waals surface area contributed by atoms with Gasteiger partial charge in [-0.1, -0.05) is 19.4 Å². The van der Waals surface area contributed by atoms with Crippen molar-refractivity contribution in [2.45, 2.75) is 102 Å². The van der Waals surface area contributed by atoms with Crippen LogP contribution in [0.2, 0.25) is 0 Å². The number of fused-ring (bicyclic) bond motifs is 5. The molecule has 220 valence electrons. The molecule has 4 fully saturated rings. The topological polar surface area (TPSA) is 159 Å². The fourth-order valence-corrected chi connectivity index (χ4v) is 9.16. The van der Waals surface area contributed by atoms with Gasteiger partial charge in [-0.15, -0.1) is 0 Å². The van der Waals surface area contributed by atoms with Crippen molar-refractivity contribution in [3.63, 3.8) is 0 Å². The molecule has 5 aliphatic rings. The van der Waals surface area contributed by atoms with Gasteiger partial charge in [0.2, 0.25) is 11.7 Å². The molecule has 5 rings (SSSR count). The lowest BCUT2D eigenvalue weighted by Crippen LogP contribution is -2.62. The molecule has 10 heteroatoms. The van der Waals surface area contributed by atoms with Crippen LogP contribution in [0.25, 0.3) is 0 Å². The van der Waals surface area contributed by atoms with Gasteiger partial charge in [0.25, 0.3) is 0 Å². The average Bonchev–Trinajstić information content (AvgIpc) is 3.50. The van der Waals surface area contributed by atoms with Gasteiger partial charge in [-0.05, 0) is 80.6 Å². The fourth-order valence-electron chi connectivity index (χ4n) is 9.16. The van der Waals surface area contributed by atoms with E-state index in [-0.39, 0.29) is 54.6 Å². The van der Waals surface area contributed by atoms with E-state index >= 15 is 0 Å². The molecule has 0 bridgehead atoms. The molecule has 1 heterocycles. The number of aliphatic carboxylic acids is 1. The number of ketones is 2. The van der Waals surface area contributed by atoms with Gasteiger partial charge >= 0.3 is 11.9 Å². The van der Waals surface area contributed by atoms with E-state index in [9.17, 15) is 39.3 Å². The highest BCUT2D eigenvalue weighted by molar-refractivity contribution is 5.92. The second-order valence-corrected chi connectivity index (χ2v) is 13.1. The summed E-state index contributed by atoms with van der Waals surface area (Å²) in [7, 11) is 0. The Kier molecular flexibility index (Phi) is 7.48. The third kappa shape index (κ3) is 4.51. The largest absolute Gasteiger partial charge is 0.480 e. The highest BCUT2D eigenvalue weighted by Crippen LogP contribution is 2.67. The second kappa shape index (κ2) is 10.4. The minimum Gasteiger partial charge on any atom is -0.480 e. The first-order valence-corrected chi connectivity index (χ1v) is 14.7. The molecule has 3 N–H and O–H groups in total. The molecule has 1 saturated heterocycles. The van der Waals surface area contributed by atoms with Crippen molar-refractivity contribution in [2.24, 2.45) is 28.6 Å². The Morgan fingerprint density at radius 3 is 2.55 bits per heavy atom. The summed E-state index contributed by atoms with van der Waals surface area (Å²) in [6.07, 6.45) is 5.35. The number of carboxylic acid groups (broad SMARTS) is 1. The zero-order valence-electron chi connectivity index (χ0n) is 23.4. The second-order valence-electron chi connectivity index (χ2n) is 13.1. The zero-order chi connectivity index (χ0) is 29.0. The minimum absolute atomic E-state index is 0.0156. The normalized spacial score (nSPS) is 40.5. The van der Waals surface area contributed by atoms with Crippen molar-refractivity contribution < 1.29 is 44.0 Å². The smallest absolute Gasteiger partial charge is 0.326 e. The summed E-state index contributed by atoms with van der Waals surface area (Å²) < 4.78 is 5.19. The Bertz CT molecular complexity index is 1150. The zero-order valence-corrected chi connectivity index (χ0v) is 23.4. The van der Waals surface area contributed by atoms with E-state index in [0.717, 1.165) is 18.4 Å². The number of hydrogen-bond donors (Lipinski definition) is 3. The monoisotopic (exact) mass is 559 g/mol. The van der Waals surface area contributed by atoms with Crippen LogP contribution < -0.4 is 0 Å². The van der Waals surface area contributed by atoms with Crippen molar-refractivity contribution in [1.29, 1.82) is 0 Å². The summed E-state index contributed by atoms with van der Waals surface area (Å²) in [5, 5.41) is 32.5. The minimum atomic E-state index is -1.75. The van der Waals surface area contributed by atoms with Gasteiger partial charge in [0.15, 0.2) is 12.4 Å². The summed E-state index contributed by atoms with van der Waals surface area (Å²) in [5.41, 5.74) is -1.78. The quantitative estimate of drug-likeness (QED) is 0.398. The predicted molar refractivity (Wildman–Crippen MR) is 141 cm³/mol. The fraction of sp³-hybridized carbons (Fsp3) is 0.767. The molecule has 0 aromatic carbocycles. The van der Waals surface area contributed by atoms with Crippen LogP contribution >= 0.6 is 0 Å². The first-order valence-electron chi connectivity index (χ1n) is 14.7. The van der Waals surface area contributed by atoms with Crippen molar-refractivity contribution in [3.05, 3.63) is 11.6 Å². The molecular formula is C30H41NO9. The highest BCUT2D eigenvalue weighted by atomic mass is 16.5. The maximum absolute atomic E-state index is 13.4. The third-order valence-electron chi connectivity index (χ3n) is 11.3. The summed E-state index contributed by atoms with van der Waals surface area (Å²) in [6.45, 7) is 3.73. The number of aliphatic hydroxyl groups is 2. The number of aliphatic hydroxyl groups excluding tert-OH is 1. The van der Waals surface area contributed by atoms with Crippen molar-refractivity contribution in [3.8, 4) is 0 Å². The third-order valence-corrected chi connectivity index (χ3v) is 11.3. The number of amides is 1. The van der Waals surface area contributed by atoms with Gasteiger partial charge in [0, 0.05) is 24.8 Å². The maximum Gasteiger partial charge on any atom is 0.326 e. The Labute approximate surface area is 234 Å². The first-order chi connectivity index (χ1) is 18.8. The molecule has 3 saturated carbocycles. The van der Waals surface area contributed by atoms with E-state index in [1.807, 2.05) is 6.92 Å². The number of Topliss-reactive ketones (excluding diaryl/α,β-unsaturated/α-hetero) is 1. The van der Waals surface area contributed by atoms with Crippen LogP contribution in [-0.4, -0.2) is 80.5 Å². The van der Waals surface area contributed by atoms with Crippen LogP contribution in [0.5, 0.6) is 0 Å². The molecular weight excluding hydrogens is 518 g/mol. The van der Waals surface area contributed by atoms with Gasteiger partial charge in [0.05, 0.1) is 12.5 Å². The Morgan fingerprint density at radius 1 is 1.07 bits per heavy atom. The molecule has 1 aliphatic heterocycles. The van der Waals surface area contributed by atoms with E-state index in [1.54, 1.807) is 6.08 Å². The lowest BCUT2D eigenvalue weighted by atomic mass is 9.45. The van der Waals surface area contributed by atoms with E-state index in [0.29, 0.717) is 38.6 Å². The summed E-state index contributed by atoms with van der Waals surface area (Å²) in [5.74, 6) is -2.64. The molecule has 10 nitrogen and oxygen atoms in total. The number of carbonyl (C=O) groups is 5. The van der Waals surface area contributed by atoms with Crippen molar-refractivity contribution >= 4 is 29.4 Å². The van der Waals surface area contributed by atoms with Gasteiger partial charge in [-0.3, -0.25) is 19.2 Å². The lowest BCUT2D eigenvalue weighted by Gasteiger charge is -2.60. The van der Waals surface area contributed by atoms with E-state index < -0.39 is 53.4 Å². The number of ether oxygens (including phenoxy) is 1. The number of rotatable bonds is 7. The molecule has 8 atom stereocenters. The molecule has 40 heavy (non-hydrogen) atoms. The molecule has 4 aliphatic carbocycles. The van der Waals surface area contributed by atoms with Crippen LogP contribution in [0.3, 0.4) is 0 Å². The Morgan fingerprint density at radius 2 is 1.82 bits per heavy atom. The van der Waals surface area contributed by atoms with E-state index in [4.69, 9.17) is 4.74 Å². The Hall–Kier alpha value is -2.59. The number of hydrogen-bond acceptors (Lipinski definition) is 8. The SMILES string of the molecule is C[C@]12CCC(=O)C=C1CCC1C2C(O)C[C@@]2(C)C1CC[C@]2(O)C(=O)COC(=O)CCC(=O)N1CCCC1C(=O)O. The first kappa shape index (κ1) is 28.9. The number of carboxylic acids is 1. The van der Waals surface area contributed by atoms with Gasteiger partial charge < -0.3 is 25.0 Å². The van der Waals surface area contributed by atoms with Gasteiger partial charge in [-0.2, -0.15) is 0 Å². The lowest BCUT2D eigenvalue weighted by molar-refractivity contribution is -0.184. The number of nitrogens with zero attached hydrogens (tertiary/aromatic N) is 1. The molecule has 0 aromatic rings. The summed E-state index contributed by atoms with van der Waals surface area (Å²) in [4.78, 5) is 62.9. The summed E-state index contributed by atoms with van der Waals surface area (Å²) >= 11 is 0. The standard InChI is InChI=1S/C30H41NO9/c1-28-11-9-18(32)14-17(28)5-6-19-20-10-12-30(39,29(20,2)15-22(33)26(19)28)23(34)16-40-25(36)8-7-24(35)31-13-3-4-21(31)27(37)38/h14,19-22,26,33,39H,3-13,15-16H2,1-2H3,(H,37,38)/t19?,20?,21?,22?,26?,28-,29-,30-/m0/s1. The number of allylic oxidation sites excluding steroid dienone is 1. The van der Waals surface area contributed by atoms with Crippen molar-refractivity contribution in [2.75, 3.05) is 13.2 Å². The van der Waals surface area contributed by atoms with Gasteiger partial charge in [0.1, 0.15) is 11.6 Å². The molecule has 5 unspecified atom stereocenters. The van der Waals surface area contributed by atoms with Crippen LogP contribution in [0.4, 0.5) is 0 Å². The molecule has 0 spiro atoms. The van der Waals surface area contributed by atoms with Crippen LogP contribution in [0.15, 0.2) is 11.6 Å². The van der Waals surface area contributed by atoms with Crippen molar-refractivity contribution in [1.82, 2.24) is 4.90 Å². The number of carbonyl (C=O) groups excluding carboxylic acids is 4. The highest BCUT2D eigenvalue weighted by Gasteiger charge is 2.68. The van der Waals surface area contributed by atoms with E-state index in [1.165, 1.54) is 4.90 Å². The maximum atomic E-state index is 13.4. The average molecular weight is 560 g/mol. The van der Waals surface area contributed by atoms with Crippen LogP contribution in [0, 0.1) is 28.6 Å². The van der Waals surface area contributed by atoms with Gasteiger partial charge in [-0.25, -0.2) is 4.79 Å². The molecule has 0 radical (unpaired) electrons. The molecule has 0 aromatic heterocycles.